The molecule has 0 saturated heterocycles. The number of rotatable bonds is 13. The van der Waals surface area contributed by atoms with E-state index in [0.717, 1.165) is 48.3 Å². The van der Waals surface area contributed by atoms with Crippen molar-refractivity contribution in [2.24, 2.45) is 11.8 Å². The van der Waals surface area contributed by atoms with Crippen molar-refractivity contribution >= 4 is 11.9 Å². The third kappa shape index (κ3) is 8.25. The van der Waals surface area contributed by atoms with Gasteiger partial charge in [-0.3, -0.25) is 9.59 Å². The van der Waals surface area contributed by atoms with Gasteiger partial charge >= 0.3 is 11.9 Å². The van der Waals surface area contributed by atoms with Gasteiger partial charge in [0.05, 0.1) is 39.3 Å². The number of ether oxygens (including phenoxy) is 4. The number of hydrogen-bond donors (Lipinski definition) is 0. The third-order valence-electron chi connectivity index (χ3n) is 5.52. The van der Waals surface area contributed by atoms with Crippen molar-refractivity contribution in [3.63, 3.8) is 0 Å². The molecule has 0 aliphatic carbocycles. The SMILES string of the molecule is COc1ccc(CCCOC(=O)[C@H](C)[C@@H](C)C(=O)OCCCc2ccc(OC)cc2)cc1. The summed E-state index contributed by atoms with van der Waals surface area (Å²) in [6, 6.07) is 15.6. The summed E-state index contributed by atoms with van der Waals surface area (Å²) in [5.41, 5.74) is 2.31. The zero-order chi connectivity index (χ0) is 23.3. The zero-order valence-electron chi connectivity index (χ0n) is 19.5. The van der Waals surface area contributed by atoms with Crippen LogP contribution in [-0.4, -0.2) is 39.4 Å². The van der Waals surface area contributed by atoms with Crippen LogP contribution in [0.4, 0.5) is 0 Å². The molecule has 0 bridgehead atoms. The van der Waals surface area contributed by atoms with E-state index in [2.05, 4.69) is 0 Å². The second-order valence-electron chi connectivity index (χ2n) is 7.82. The number of methoxy groups -OCH3 is 2. The Labute approximate surface area is 190 Å². The molecule has 0 fully saturated rings. The Hall–Kier alpha value is -3.02. The van der Waals surface area contributed by atoms with E-state index in [0.29, 0.717) is 13.2 Å². The van der Waals surface area contributed by atoms with Crippen LogP contribution in [-0.2, 0) is 31.9 Å². The second kappa shape index (κ2) is 13.4. The first-order valence-corrected chi connectivity index (χ1v) is 11.0. The summed E-state index contributed by atoms with van der Waals surface area (Å²) in [6.07, 6.45) is 3.04. The molecule has 0 aliphatic rings. The molecule has 2 rings (SSSR count). The molecule has 2 aromatic rings. The van der Waals surface area contributed by atoms with Crippen molar-refractivity contribution in [2.75, 3.05) is 27.4 Å². The van der Waals surface area contributed by atoms with E-state index in [-0.39, 0.29) is 11.9 Å². The lowest BCUT2D eigenvalue weighted by Crippen LogP contribution is -2.29. The average molecular weight is 443 g/mol. The van der Waals surface area contributed by atoms with Gasteiger partial charge in [0.2, 0.25) is 0 Å². The summed E-state index contributed by atoms with van der Waals surface area (Å²) in [5.74, 6) is -0.216. The minimum absolute atomic E-state index is 0.318. The number of carbonyl (C=O) groups is 2. The van der Waals surface area contributed by atoms with Crippen LogP contribution < -0.4 is 9.47 Å². The molecule has 0 N–H and O–H groups in total. The average Bonchev–Trinajstić information content (AvgIpc) is 2.83. The zero-order valence-corrected chi connectivity index (χ0v) is 19.5. The van der Waals surface area contributed by atoms with Crippen LogP contribution in [0.3, 0.4) is 0 Å². The van der Waals surface area contributed by atoms with Crippen LogP contribution in [0.5, 0.6) is 11.5 Å². The minimum atomic E-state index is -0.551. The van der Waals surface area contributed by atoms with E-state index in [1.165, 1.54) is 0 Å². The van der Waals surface area contributed by atoms with E-state index in [4.69, 9.17) is 18.9 Å². The Kier molecular flexibility index (Phi) is 10.6. The van der Waals surface area contributed by atoms with Gasteiger partial charge in [0.25, 0.3) is 0 Å². The molecule has 6 heteroatoms. The van der Waals surface area contributed by atoms with Gasteiger partial charge in [-0.15, -0.1) is 0 Å². The van der Waals surface area contributed by atoms with Crippen LogP contribution >= 0.6 is 0 Å². The molecular weight excluding hydrogens is 408 g/mol. The lowest BCUT2D eigenvalue weighted by Gasteiger charge is -2.17. The molecule has 2 aromatic carbocycles. The highest BCUT2D eigenvalue weighted by Gasteiger charge is 2.28. The standard InChI is InChI=1S/C26H34O6/c1-19(25(27)31-17-5-7-21-9-13-23(29-3)14-10-21)20(2)26(28)32-18-6-8-22-11-15-24(30-4)16-12-22/h9-16,19-20H,5-8,17-18H2,1-4H3/t19-,20-/m1/s1. The van der Waals surface area contributed by atoms with E-state index in [1.54, 1.807) is 28.1 Å². The second-order valence-corrected chi connectivity index (χ2v) is 7.82. The Balaban J connectivity index is 1.63. The molecule has 0 saturated carbocycles. The molecular formula is C26H34O6. The highest BCUT2D eigenvalue weighted by Crippen LogP contribution is 2.17. The summed E-state index contributed by atoms with van der Waals surface area (Å²) < 4.78 is 21.0. The first-order chi connectivity index (χ1) is 15.4. The lowest BCUT2D eigenvalue weighted by molar-refractivity contribution is -0.159. The van der Waals surface area contributed by atoms with Crippen molar-refractivity contribution in [3.05, 3.63) is 59.7 Å². The van der Waals surface area contributed by atoms with Gasteiger partial charge in [0, 0.05) is 0 Å². The Morgan fingerprint density at radius 2 is 1.00 bits per heavy atom. The Morgan fingerprint density at radius 3 is 1.31 bits per heavy atom. The quantitative estimate of drug-likeness (QED) is 0.333. The molecule has 0 aromatic heterocycles. The summed E-state index contributed by atoms with van der Waals surface area (Å²) in [7, 11) is 3.27. The van der Waals surface area contributed by atoms with Crippen molar-refractivity contribution < 1.29 is 28.5 Å². The monoisotopic (exact) mass is 442 g/mol. The molecule has 0 heterocycles. The fraction of sp³-hybridized carbons (Fsp3) is 0.462. The maximum Gasteiger partial charge on any atom is 0.309 e. The summed E-state index contributed by atoms with van der Waals surface area (Å²) in [6.45, 7) is 4.04. The fourth-order valence-corrected chi connectivity index (χ4v) is 3.15. The highest BCUT2D eigenvalue weighted by atomic mass is 16.5. The van der Waals surface area contributed by atoms with Gasteiger partial charge in [-0.1, -0.05) is 38.1 Å². The largest absolute Gasteiger partial charge is 0.497 e. The minimum Gasteiger partial charge on any atom is -0.497 e. The topological polar surface area (TPSA) is 71.1 Å². The molecule has 0 amide bonds. The third-order valence-corrected chi connectivity index (χ3v) is 5.52. The number of benzene rings is 2. The van der Waals surface area contributed by atoms with E-state index < -0.39 is 11.8 Å². The van der Waals surface area contributed by atoms with Gasteiger partial charge < -0.3 is 18.9 Å². The van der Waals surface area contributed by atoms with Crippen LogP contribution in [0.1, 0.15) is 37.8 Å². The molecule has 32 heavy (non-hydrogen) atoms. The van der Waals surface area contributed by atoms with Crippen molar-refractivity contribution in [3.8, 4) is 11.5 Å². The Morgan fingerprint density at radius 1 is 0.656 bits per heavy atom. The van der Waals surface area contributed by atoms with Crippen LogP contribution in [0.2, 0.25) is 0 Å². The smallest absolute Gasteiger partial charge is 0.309 e. The van der Waals surface area contributed by atoms with E-state index >= 15 is 0 Å². The van der Waals surface area contributed by atoms with Gasteiger partial charge in [-0.2, -0.15) is 0 Å². The normalized spacial score (nSPS) is 12.5. The molecule has 6 nitrogen and oxygen atoms in total. The molecule has 174 valence electrons. The predicted molar refractivity (Wildman–Crippen MR) is 123 cm³/mol. The number of carbonyl (C=O) groups excluding carboxylic acids is 2. The van der Waals surface area contributed by atoms with Crippen molar-refractivity contribution in [1.82, 2.24) is 0 Å². The van der Waals surface area contributed by atoms with Gasteiger partial charge in [0.1, 0.15) is 11.5 Å². The van der Waals surface area contributed by atoms with Gasteiger partial charge in [-0.25, -0.2) is 0 Å². The van der Waals surface area contributed by atoms with Crippen molar-refractivity contribution in [2.45, 2.75) is 39.5 Å². The van der Waals surface area contributed by atoms with Gasteiger partial charge in [-0.05, 0) is 61.1 Å². The van der Waals surface area contributed by atoms with Crippen molar-refractivity contribution in [1.29, 1.82) is 0 Å². The summed E-state index contributed by atoms with van der Waals surface area (Å²) in [4.78, 5) is 24.6. The number of hydrogen-bond acceptors (Lipinski definition) is 6. The lowest BCUT2D eigenvalue weighted by atomic mass is 9.96. The number of aryl methyl sites for hydroxylation is 2. The molecule has 0 spiro atoms. The number of esters is 2. The maximum absolute atomic E-state index is 12.3. The molecule has 2 atom stereocenters. The Bertz CT molecular complexity index is 757. The van der Waals surface area contributed by atoms with E-state index in [1.807, 2.05) is 48.5 Å². The predicted octanol–water partition coefficient (Wildman–Crippen LogP) is 4.63. The summed E-state index contributed by atoms with van der Waals surface area (Å²) >= 11 is 0. The molecule has 0 unspecified atom stereocenters. The first-order valence-electron chi connectivity index (χ1n) is 11.0. The summed E-state index contributed by atoms with van der Waals surface area (Å²) in [5, 5.41) is 0. The van der Waals surface area contributed by atoms with Gasteiger partial charge in [0.15, 0.2) is 0 Å². The first kappa shape index (κ1) is 25.2. The fourth-order valence-electron chi connectivity index (χ4n) is 3.15. The van der Waals surface area contributed by atoms with Crippen LogP contribution in [0.25, 0.3) is 0 Å². The van der Waals surface area contributed by atoms with E-state index in [9.17, 15) is 9.59 Å². The maximum atomic E-state index is 12.3. The van der Waals surface area contributed by atoms with Crippen LogP contribution in [0, 0.1) is 11.8 Å². The highest BCUT2D eigenvalue weighted by molar-refractivity contribution is 5.81. The van der Waals surface area contributed by atoms with Crippen LogP contribution in [0.15, 0.2) is 48.5 Å². The molecule has 0 radical (unpaired) electrons. The molecule has 0 aliphatic heterocycles.